The highest BCUT2D eigenvalue weighted by Crippen LogP contribution is 2.27. The summed E-state index contributed by atoms with van der Waals surface area (Å²) in [6, 6.07) is 5.67. The molecule has 1 aromatic rings. The monoisotopic (exact) mass is 345 g/mol. The molecule has 2 amide bonds. The highest BCUT2D eigenvalue weighted by molar-refractivity contribution is 5.92. The van der Waals surface area contributed by atoms with Crippen LogP contribution < -0.4 is 11.1 Å². The molecule has 1 atom stereocenters. The lowest BCUT2D eigenvalue weighted by molar-refractivity contribution is -0.384. The molecular formula is C18H23N3O4. The van der Waals surface area contributed by atoms with Crippen molar-refractivity contribution >= 4 is 23.6 Å². The van der Waals surface area contributed by atoms with Gasteiger partial charge in [-0.25, -0.2) is 0 Å². The van der Waals surface area contributed by atoms with Crippen LogP contribution in [-0.2, 0) is 9.59 Å². The van der Waals surface area contributed by atoms with Crippen LogP contribution in [0.4, 0.5) is 5.69 Å². The smallest absolute Gasteiger partial charge is 0.269 e. The number of hydrogen-bond donors (Lipinski definition) is 2. The van der Waals surface area contributed by atoms with E-state index < -0.39 is 10.8 Å². The zero-order valence-corrected chi connectivity index (χ0v) is 14.0. The number of rotatable bonds is 7. The molecule has 7 heteroatoms. The van der Waals surface area contributed by atoms with Gasteiger partial charge in [0, 0.05) is 30.7 Å². The van der Waals surface area contributed by atoms with Crippen LogP contribution in [0.2, 0.25) is 0 Å². The molecular weight excluding hydrogens is 322 g/mol. The summed E-state index contributed by atoms with van der Waals surface area (Å²) in [5, 5.41) is 13.5. The highest BCUT2D eigenvalue weighted by Gasteiger charge is 2.25. The summed E-state index contributed by atoms with van der Waals surface area (Å²) in [5.41, 5.74) is 6.00. The van der Waals surface area contributed by atoms with Crippen molar-refractivity contribution in [3.8, 4) is 0 Å². The molecule has 1 aromatic carbocycles. The van der Waals surface area contributed by atoms with Gasteiger partial charge in [0.2, 0.25) is 11.8 Å². The van der Waals surface area contributed by atoms with Crippen LogP contribution >= 0.6 is 0 Å². The number of amides is 2. The van der Waals surface area contributed by atoms with E-state index in [4.69, 9.17) is 5.73 Å². The average Bonchev–Trinajstić information content (AvgIpc) is 2.60. The van der Waals surface area contributed by atoms with Crippen LogP contribution in [0.5, 0.6) is 0 Å². The van der Waals surface area contributed by atoms with Crippen LogP contribution in [0.25, 0.3) is 6.08 Å². The molecule has 0 radical (unpaired) electrons. The van der Waals surface area contributed by atoms with Crippen molar-refractivity contribution in [2.75, 3.05) is 0 Å². The van der Waals surface area contributed by atoms with E-state index in [-0.39, 0.29) is 30.0 Å². The highest BCUT2D eigenvalue weighted by atomic mass is 16.6. The van der Waals surface area contributed by atoms with Gasteiger partial charge in [-0.3, -0.25) is 19.7 Å². The minimum absolute atomic E-state index is 0.000391. The van der Waals surface area contributed by atoms with Crippen molar-refractivity contribution in [2.24, 2.45) is 11.7 Å². The minimum Gasteiger partial charge on any atom is -0.370 e. The lowest BCUT2D eigenvalue weighted by Gasteiger charge is -2.30. The lowest BCUT2D eigenvalue weighted by atomic mass is 9.82. The second kappa shape index (κ2) is 8.96. The molecule has 1 aliphatic carbocycles. The first-order valence-corrected chi connectivity index (χ1v) is 8.47. The van der Waals surface area contributed by atoms with Crippen LogP contribution in [0.15, 0.2) is 30.3 Å². The van der Waals surface area contributed by atoms with Crippen molar-refractivity contribution in [3.05, 3.63) is 46.0 Å². The van der Waals surface area contributed by atoms with Gasteiger partial charge in [-0.05, 0) is 42.5 Å². The van der Waals surface area contributed by atoms with Crippen LogP contribution in [-0.4, -0.2) is 22.8 Å². The van der Waals surface area contributed by atoms with E-state index in [1.807, 2.05) is 0 Å². The minimum atomic E-state index is -0.473. The summed E-state index contributed by atoms with van der Waals surface area (Å²) in [6.07, 6.45) is 8.48. The average molecular weight is 345 g/mol. The van der Waals surface area contributed by atoms with Gasteiger partial charge in [0.05, 0.1) is 4.92 Å². The van der Waals surface area contributed by atoms with Gasteiger partial charge in [0.1, 0.15) is 0 Å². The summed E-state index contributed by atoms with van der Waals surface area (Å²) >= 11 is 0. The van der Waals surface area contributed by atoms with Crippen molar-refractivity contribution in [1.29, 1.82) is 0 Å². The SMILES string of the molecule is NC(=O)C[C@H](NC(=O)/C=C/c1ccc([N+](=O)[O-])cc1)C1CCCCC1. The number of hydrogen-bond acceptors (Lipinski definition) is 4. The standard InChI is InChI=1S/C18H23N3O4/c19-17(22)12-16(14-4-2-1-3-5-14)20-18(23)11-8-13-6-9-15(10-7-13)21(24)25/h6-11,14,16H,1-5,12H2,(H2,19,22)(H,20,23)/b11-8+/t16-/m0/s1. The van der Waals surface area contributed by atoms with Crippen molar-refractivity contribution < 1.29 is 14.5 Å². The third-order valence-corrected chi connectivity index (χ3v) is 4.50. The van der Waals surface area contributed by atoms with E-state index in [1.54, 1.807) is 18.2 Å². The van der Waals surface area contributed by atoms with E-state index in [0.29, 0.717) is 5.56 Å². The largest absolute Gasteiger partial charge is 0.370 e. The Morgan fingerprint density at radius 3 is 2.44 bits per heavy atom. The molecule has 3 N–H and O–H groups in total. The van der Waals surface area contributed by atoms with Gasteiger partial charge in [0.25, 0.3) is 5.69 Å². The lowest BCUT2D eigenvalue weighted by Crippen LogP contribution is -2.42. The van der Waals surface area contributed by atoms with E-state index >= 15 is 0 Å². The number of carbonyl (C=O) groups excluding carboxylic acids is 2. The second-order valence-electron chi connectivity index (χ2n) is 6.37. The maximum atomic E-state index is 12.2. The van der Waals surface area contributed by atoms with E-state index in [1.165, 1.54) is 24.6 Å². The molecule has 1 aliphatic rings. The summed E-state index contributed by atoms with van der Waals surface area (Å²) in [4.78, 5) is 33.6. The molecule has 25 heavy (non-hydrogen) atoms. The summed E-state index contributed by atoms with van der Waals surface area (Å²) in [6.45, 7) is 0. The van der Waals surface area contributed by atoms with Crippen LogP contribution in [0.3, 0.4) is 0 Å². The zero-order valence-electron chi connectivity index (χ0n) is 14.0. The number of non-ortho nitro benzene ring substituents is 1. The van der Waals surface area contributed by atoms with Gasteiger partial charge < -0.3 is 11.1 Å². The Labute approximate surface area is 146 Å². The quantitative estimate of drug-likeness (QED) is 0.449. The van der Waals surface area contributed by atoms with Crippen LogP contribution in [0.1, 0.15) is 44.1 Å². The molecule has 1 fully saturated rings. The van der Waals surface area contributed by atoms with Crippen molar-refractivity contribution in [3.63, 3.8) is 0 Å². The molecule has 2 rings (SSSR count). The number of nitro benzene ring substituents is 1. The Bertz CT molecular complexity index is 649. The van der Waals surface area contributed by atoms with Crippen molar-refractivity contribution in [1.82, 2.24) is 5.32 Å². The Kier molecular flexibility index (Phi) is 6.68. The summed E-state index contributed by atoms with van der Waals surface area (Å²) in [7, 11) is 0. The molecule has 0 aliphatic heterocycles. The number of nitro groups is 1. The predicted molar refractivity (Wildman–Crippen MR) is 94.4 cm³/mol. The number of benzene rings is 1. The first-order chi connectivity index (χ1) is 12.0. The van der Waals surface area contributed by atoms with E-state index in [2.05, 4.69) is 5.32 Å². The fraction of sp³-hybridized carbons (Fsp3) is 0.444. The second-order valence-corrected chi connectivity index (χ2v) is 6.37. The molecule has 134 valence electrons. The fourth-order valence-corrected chi connectivity index (χ4v) is 3.20. The Balaban J connectivity index is 1.97. The summed E-state index contributed by atoms with van der Waals surface area (Å²) in [5.74, 6) is -0.441. The molecule has 0 spiro atoms. The number of nitrogens with one attached hydrogen (secondary N) is 1. The zero-order chi connectivity index (χ0) is 18.2. The normalized spacial score (nSPS) is 16.5. The molecule has 1 saturated carbocycles. The van der Waals surface area contributed by atoms with Gasteiger partial charge in [0.15, 0.2) is 0 Å². The number of nitrogens with zero attached hydrogens (tertiary/aromatic N) is 1. The Morgan fingerprint density at radius 1 is 1.24 bits per heavy atom. The topological polar surface area (TPSA) is 115 Å². The van der Waals surface area contributed by atoms with E-state index in [0.717, 1.165) is 25.7 Å². The fourth-order valence-electron chi connectivity index (χ4n) is 3.20. The number of carbonyl (C=O) groups is 2. The molecule has 7 nitrogen and oxygen atoms in total. The Hall–Kier alpha value is -2.70. The van der Waals surface area contributed by atoms with E-state index in [9.17, 15) is 19.7 Å². The summed E-state index contributed by atoms with van der Waals surface area (Å²) < 4.78 is 0. The first-order valence-electron chi connectivity index (χ1n) is 8.47. The molecule has 0 saturated heterocycles. The van der Waals surface area contributed by atoms with Gasteiger partial charge in [-0.15, -0.1) is 0 Å². The van der Waals surface area contributed by atoms with Crippen molar-refractivity contribution in [2.45, 2.75) is 44.6 Å². The third kappa shape index (κ3) is 6.02. The first kappa shape index (κ1) is 18.6. The van der Waals surface area contributed by atoms with Gasteiger partial charge in [-0.2, -0.15) is 0 Å². The van der Waals surface area contributed by atoms with Crippen LogP contribution in [0, 0.1) is 16.0 Å². The maximum absolute atomic E-state index is 12.2. The molecule has 0 bridgehead atoms. The molecule has 0 heterocycles. The number of primary amides is 1. The molecule has 0 aromatic heterocycles. The van der Waals surface area contributed by atoms with Gasteiger partial charge in [-0.1, -0.05) is 19.3 Å². The molecule has 0 unspecified atom stereocenters. The predicted octanol–water partition coefficient (Wildman–Crippen LogP) is 2.55. The number of nitrogens with two attached hydrogens (primary N) is 1. The Morgan fingerprint density at radius 2 is 1.88 bits per heavy atom. The third-order valence-electron chi connectivity index (χ3n) is 4.50. The van der Waals surface area contributed by atoms with Gasteiger partial charge >= 0.3 is 0 Å². The maximum Gasteiger partial charge on any atom is 0.269 e.